The molecule has 0 saturated heterocycles. The van der Waals surface area contributed by atoms with Crippen LogP contribution in [0.5, 0.6) is 0 Å². The number of aryl methyl sites for hydroxylation is 2. The van der Waals surface area contributed by atoms with Gasteiger partial charge >= 0.3 is 0 Å². The number of hydrogen-bond acceptors (Lipinski definition) is 2. The lowest BCUT2D eigenvalue weighted by molar-refractivity contribution is 0.575. The smallest absolute Gasteiger partial charge is 0.128 e. The molecule has 1 aromatic carbocycles. The fourth-order valence-corrected chi connectivity index (χ4v) is 2.04. The summed E-state index contributed by atoms with van der Waals surface area (Å²) in [5.41, 5.74) is 3.63. The van der Waals surface area contributed by atoms with E-state index in [1.165, 1.54) is 6.07 Å². The third-order valence-electron chi connectivity index (χ3n) is 3.02. The summed E-state index contributed by atoms with van der Waals surface area (Å²) in [6.07, 6.45) is 1.79. The van der Waals surface area contributed by atoms with Gasteiger partial charge in [-0.15, -0.1) is 0 Å². The molecular formula is C15H17FN2. The molecule has 1 aromatic heterocycles. The van der Waals surface area contributed by atoms with Crippen LogP contribution in [-0.4, -0.2) is 12.0 Å². The fourth-order valence-electron chi connectivity index (χ4n) is 2.04. The zero-order chi connectivity index (χ0) is 13.1. The summed E-state index contributed by atoms with van der Waals surface area (Å²) in [5.74, 6) is -0.194. The minimum absolute atomic E-state index is 0.169. The molecule has 0 bridgehead atoms. The molecule has 1 heterocycles. The van der Waals surface area contributed by atoms with Gasteiger partial charge in [-0.2, -0.15) is 0 Å². The summed E-state index contributed by atoms with van der Waals surface area (Å²) < 4.78 is 13.9. The van der Waals surface area contributed by atoms with Crippen LogP contribution in [0.3, 0.4) is 0 Å². The zero-order valence-corrected chi connectivity index (χ0v) is 10.9. The molecule has 18 heavy (non-hydrogen) atoms. The molecule has 0 fully saturated rings. The SMILES string of the molecule is CNC(c1ccc(C)nc1)c1cc(C)ccc1F. The van der Waals surface area contributed by atoms with E-state index < -0.39 is 0 Å². The highest BCUT2D eigenvalue weighted by atomic mass is 19.1. The predicted molar refractivity (Wildman–Crippen MR) is 71.0 cm³/mol. The van der Waals surface area contributed by atoms with Crippen LogP contribution in [0.1, 0.15) is 28.4 Å². The lowest BCUT2D eigenvalue weighted by Crippen LogP contribution is -2.19. The Morgan fingerprint density at radius 2 is 1.94 bits per heavy atom. The summed E-state index contributed by atoms with van der Waals surface area (Å²) in [7, 11) is 1.83. The molecule has 0 saturated carbocycles. The van der Waals surface area contributed by atoms with Gasteiger partial charge in [-0.05, 0) is 38.6 Å². The first-order chi connectivity index (χ1) is 8.61. The third-order valence-corrected chi connectivity index (χ3v) is 3.02. The topological polar surface area (TPSA) is 24.9 Å². The number of pyridine rings is 1. The second-order valence-corrected chi connectivity index (χ2v) is 4.48. The van der Waals surface area contributed by atoms with Crippen molar-refractivity contribution in [3.8, 4) is 0 Å². The van der Waals surface area contributed by atoms with Crippen LogP contribution in [0.2, 0.25) is 0 Å². The van der Waals surface area contributed by atoms with E-state index in [0.717, 1.165) is 16.8 Å². The van der Waals surface area contributed by atoms with Crippen LogP contribution in [0, 0.1) is 19.7 Å². The van der Waals surface area contributed by atoms with Gasteiger partial charge < -0.3 is 5.32 Å². The molecule has 0 aliphatic rings. The molecule has 0 amide bonds. The van der Waals surface area contributed by atoms with Gasteiger partial charge in [-0.25, -0.2) is 4.39 Å². The van der Waals surface area contributed by atoms with E-state index in [1.807, 2.05) is 39.1 Å². The molecule has 2 nitrogen and oxygen atoms in total. The van der Waals surface area contributed by atoms with Crippen molar-refractivity contribution < 1.29 is 4.39 Å². The predicted octanol–water partition coefficient (Wildman–Crippen LogP) is 3.15. The van der Waals surface area contributed by atoms with E-state index in [-0.39, 0.29) is 11.9 Å². The highest BCUT2D eigenvalue weighted by molar-refractivity contribution is 5.34. The molecule has 3 heteroatoms. The van der Waals surface area contributed by atoms with E-state index in [0.29, 0.717) is 5.56 Å². The van der Waals surface area contributed by atoms with Crippen molar-refractivity contribution in [2.45, 2.75) is 19.9 Å². The summed E-state index contributed by atoms with van der Waals surface area (Å²) in [4.78, 5) is 4.26. The first-order valence-electron chi connectivity index (χ1n) is 5.97. The molecule has 2 aromatic rings. The first kappa shape index (κ1) is 12.7. The molecule has 0 radical (unpaired) electrons. The van der Waals surface area contributed by atoms with Crippen LogP contribution < -0.4 is 5.32 Å². The normalized spacial score (nSPS) is 12.4. The highest BCUT2D eigenvalue weighted by Crippen LogP contribution is 2.24. The Hall–Kier alpha value is -1.74. The van der Waals surface area contributed by atoms with Crippen LogP contribution in [-0.2, 0) is 0 Å². The van der Waals surface area contributed by atoms with Gasteiger partial charge in [-0.3, -0.25) is 4.98 Å². The molecule has 2 rings (SSSR count). The van der Waals surface area contributed by atoms with Crippen LogP contribution in [0.25, 0.3) is 0 Å². The van der Waals surface area contributed by atoms with E-state index in [4.69, 9.17) is 0 Å². The van der Waals surface area contributed by atoms with E-state index in [9.17, 15) is 4.39 Å². The molecular weight excluding hydrogens is 227 g/mol. The second-order valence-electron chi connectivity index (χ2n) is 4.48. The number of benzene rings is 1. The van der Waals surface area contributed by atoms with Crippen LogP contribution in [0.15, 0.2) is 36.5 Å². The van der Waals surface area contributed by atoms with Crippen LogP contribution in [0.4, 0.5) is 4.39 Å². The largest absolute Gasteiger partial charge is 0.309 e. The minimum atomic E-state index is -0.194. The number of rotatable bonds is 3. The maximum absolute atomic E-state index is 13.9. The van der Waals surface area contributed by atoms with Crippen molar-refractivity contribution >= 4 is 0 Å². The number of aromatic nitrogens is 1. The zero-order valence-electron chi connectivity index (χ0n) is 10.9. The molecule has 0 aliphatic carbocycles. The average molecular weight is 244 g/mol. The Morgan fingerprint density at radius 1 is 1.17 bits per heavy atom. The van der Waals surface area contributed by atoms with Crippen molar-refractivity contribution in [1.82, 2.24) is 10.3 Å². The van der Waals surface area contributed by atoms with Gasteiger partial charge in [0.15, 0.2) is 0 Å². The fraction of sp³-hybridized carbons (Fsp3) is 0.267. The Labute approximate surface area is 107 Å². The van der Waals surface area contributed by atoms with E-state index >= 15 is 0 Å². The van der Waals surface area contributed by atoms with E-state index in [2.05, 4.69) is 10.3 Å². The molecule has 1 unspecified atom stereocenters. The lowest BCUT2D eigenvalue weighted by atomic mass is 9.98. The average Bonchev–Trinajstić information content (AvgIpc) is 2.37. The van der Waals surface area contributed by atoms with Gasteiger partial charge in [0.25, 0.3) is 0 Å². The quantitative estimate of drug-likeness (QED) is 0.897. The standard InChI is InChI=1S/C15H17FN2/c1-10-4-7-14(16)13(8-10)15(17-3)12-6-5-11(2)18-9-12/h4-9,15,17H,1-3H3. The third kappa shape index (κ3) is 2.57. The Kier molecular flexibility index (Phi) is 3.72. The molecule has 0 aliphatic heterocycles. The number of halogens is 1. The van der Waals surface area contributed by atoms with Gasteiger partial charge in [0.1, 0.15) is 5.82 Å². The number of nitrogens with one attached hydrogen (secondary N) is 1. The molecule has 0 spiro atoms. The van der Waals surface area contributed by atoms with Crippen molar-refractivity contribution in [1.29, 1.82) is 0 Å². The first-order valence-corrected chi connectivity index (χ1v) is 5.97. The van der Waals surface area contributed by atoms with Gasteiger partial charge in [0.2, 0.25) is 0 Å². The summed E-state index contributed by atoms with van der Waals surface area (Å²) in [6.45, 7) is 3.90. The lowest BCUT2D eigenvalue weighted by Gasteiger charge is -2.18. The van der Waals surface area contributed by atoms with Crippen molar-refractivity contribution in [3.63, 3.8) is 0 Å². The molecule has 1 atom stereocenters. The van der Waals surface area contributed by atoms with E-state index in [1.54, 1.807) is 12.3 Å². The Bertz CT molecular complexity index is 535. The summed E-state index contributed by atoms with van der Waals surface area (Å²) in [6, 6.07) is 8.91. The maximum Gasteiger partial charge on any atom is 0.128 e. The highest BCUT2D eigenvalue weighted by Gasteiger charge is 2.16. The Balaban J connectivity index is 2.44. The molecule has 94 valence electrons. The van der Waals surface area contributed by atoms with Crippen LogP contribution >= 0.6 is 0 Å². The monoisotopic (exact) mass is 244 g/mol. The maximum atomic E-state index is 13.9. The molecule has 1 N–H and O–H groups in total. The van der Waals surface area contributed by atoms with Gasteiger partial charge in [-0.1, -0.05) is 23.8 Å². The van der Waals surface area contributed by atoms with Crippen molar-refractivity contribution in [3.05, 3.63) is 64.7 Å². The summed E-state index contributed by atoms with van der Waals surface area (Å²) in [5, 5.41) is 3.14. The minimum Gasteiger partial charge on any atom is -0.309 e. The van der Waals surface area contributed by atoms with Crippen molar-refractivity contribution in [2.75, 3.05) is 7.05 Å². The second kappa shape index (κ2) is 5.27. The number of nitrogens with zero attached hydrogens (tertiary/aromatic N) is 1. The number of hydrogen-bond donors (Lipinski definition) is 1. The van der Waals surface area contributed by atoms with Gasteiger partial charge in [0.05, 0.1) is 6.04 Å². The van der Waals surface area contributed by atoms with Gasteiger partial charge in [0, 0.05) is 17.5 Å². The van der Waals surface area contributed by atoms with Crippen molar-refractivity contribution in [2.24, 2.45) is 0 Å². The summed E-state index contributed by atoms with van der Waals surface area (Å²) >= 11 is 0. The Morgan fingerprint density at radius 3 is 2.56 bits per heavy atom.